The van der Waals surface area contributed by atoms with Gasteiger partial charge < -0.3 is 19.5 Å². The Balaban J connectivity index is 1.61. The molecule has 2 aliphatic rings. The molecule has 2 aromatic rings. The summed E-state index contributed by atoms with van der Waals surface area (Å²) >= 11 is 0. The molecule has 3 heterocycles. The average Bonchev–Trinajstić information content (AvgIpc) is 3.10. The van der Waals surface area contributed by atoms with E-state index in [-0.39, 0.29) is 11.9 Å². The van der Waals surface area contributed by atoms with Crippen molar-refractivity contribution in [3.63, 3.8) is 0 Å². The molecule has 1 N–H and O–H groups in total. The van der Waals surface area contributed by atoms with E-state index in [2.05, 4.69) is 44.3 Å². The highest BCUT2D eigenvalue weighted by molar-refractivity contribution is 5.85. The molecular formula is C20H27N5O2. The molecular weight excluding hydrogens is 342 g/mol. The van der Waals surface area contributed by atoms with Crippen LogP contribution in [0.3, 0.4) is 0 Å². The Morgan fingerprint density at radius 3 is 2.70 bits per heavy atom. The fourth-order valence-electron chi connectivity index (χ4n) is 4.39. The van der Waals surface area contributed by atoms with Crippen molar-refractivity contribution >= 4 is 5.91 Å². The minimum atomic E-state index is -0.722. The van der Waals surface area contributed by atoms with Gasteiger partial charge in [0.05, 0.1) is 12.6 Å². The number of nitrogens with one attached hydrogen (secondary N) is 1. The van der Waals surface area contributed by atoms with E-state index in [1.54, 1.807) is 7.11 Å². The van der Waals surface area contributed by atoms with Gasteiger partial charge in [-0.25, -0.2) is 0 Å². The van der Waals surface area contributed by atoms with Gasteiger partial charge in [0.2, 0.25) is 0 Å². The number of hydrogen-bond acceptors (Lipinski definition) is 5. The van der Waals surface area contributed by atoms with Gasteiger partial charge in [-0.05, 0) is 44.8 Å². The summed E-state index contributed by atoms with van der Waals surface area (Å²) in [6.07, 6.45) is 2.25. The number of aromatic nitrogens is 3. The molecule has 0 aliphatic carbocycles. The van der Waals surface area contributed by atoms with E-state index in [9.17, 15) is 4.79 Å². The number of piperidine rings is 1. The first-order chi connectivity index (χ1) is 13.1. The minimum absolute atomic E-state index is 0.0801. The maximum atomic E-state index is 13.4. The van der Waals surface area contributed by atoms with Crippen LogP contribution >= 0.6 is 0 Å². The number of nitrogens with zero attached hydrogens (tertiary/aromatic N) is 4. The van der Waals surface area contributed by atoms with Crippen LogP contribution in [-0.4, -0.2) is 57.9 Å². The van der Waals surface area contributed by atoms with Gasteiger partial charge in [0.1, 0.15) is 11.4 Å². The number of amides is 1. The van der Waals surface area contributed by atoms with Crippen LogP contribution in [0.4, 0.5) is 0 Å². The van der Waals surface area contributed by atoms with Crippen molar-refractivity contribution in [2.45, 2.75) is 44.4 Å². The van der Waals surface area contributed by atoms with Crippen molar-refractivity contribution in [1.29, 1.82) is 0 Å². The van der Waals surface area contributed by atoms with Crippen LogP contribution in [0.5, 0.6) is 0 Å². The Hall–Kier alpha value is -2.25. The van der Waals surface area contributed by atoms with Crippen LogP contribution in [0.2, 0.25) is 0 Å². The monoisotopic (exact) mass is 369 g/mol. The zero-order valence-corrected chi connectivity index (χ0v) is 16.0. The number of methoxy groups -OCH3 is 1. The number of hydrogen-bond donors (Lipinski definition) is 1. The molecule has 0 saturated carbocycles. The van der Waals surface area contributed by atoms with Gasteiger partial charge in [0.15, 0.2) is 5.82 Å². The number of rotatable bonds is 4. The van der Waals surface area contributed by atoms with E-state index in [1.165, 1.54) is 5.56 Å². The third-order valence-corrected chi connectivity index (χ3v) is 5.86. The highest BCUT2D eigenvalue weighted by Crippen LogP contribution is 2.30. The maximum Gasteiger partial charge on any atom is 0.255 e. The van der Waals surface area contributed by atoms with Gasteiger partial charge in [-0.1, -0.05) is 30.3 Å². The number of carbonyl (C=O) groups excluding carboxylic acids is 1. The molecule has 1 saturated heterocycles. The molecule has 2 aliphatic heterocycles. The molecule has 27 heavy (non-hydrogen) atoms. The predicted molar refractivity (Wildman–Crippen MR) is 101 cm³/mol. The molecule has 1 aromatic heterocycles. The molecule has 1 aromatic carbocycles. The quantitative estimate of drug-likeness (QED) is 0.884. The number of fused-ring (bicyclic) bond motifs is 1. The summed E-state index contributed by atoms with van der Waals surface area (Å²) in [4.78, 5) is 15.4. The zero-order chi connectivity index (χ0) is 18.9. The second kappa shape index (κ2) is 7.40. The molecule has 7 nitrogen and oxygen atoms in total. The fourth-order valence-corrected chi connectivity index (χ4v) is 4.39. The molecule has 1 amide bonds. The third kappa shape index (κ3) is 3.37. The molecule has 4 rings (SSSR count). The van der Waals surface area contributed by atoms with Gasteiger partial charge in [-0.2, -0.15) is 0 Å². The summed E-state index contributed by atoms with van der Waals surface area (Å²) < 4.78 is 7.96. The first-order valence-corrected chi connectivity index (χ1v) is 9.62. The van der Waals surface area contributed by atoms with Gasteiger partial charge in [-0.15, -0.1) is 10.2 Å². The lowest BCUT2D eigenvalue weighted by Gasteiger charge is -2.42. The zero-order valence-electron chi connectivity index (χ0n) is 16.0. The van der Waals surface area contributed by atoms with Gasteiger partial charge in [0.25, 0.3) is 5.91 Å². The maximum absolute atomic E-state index is 13.4. The molecule has 0 bridgehead atoms. The van der Waals surface area contributed by atoms with E-state index in [4.69, 9.17) is 4.74 Å². The van der Waals surface area contributed by atoms with Crippen LogP contribution < -0.4 is 5.32 Å². The molecule has 1 atom stereocenters. The normalized spacial score (nSPS) is 21.7. The molecule has 0 spiro atoms. The Morgan fingerprint density at radius 2 is 2.00 bits per heavy atom. The lowest BCUT2D eigenvalue weighted by Crippen LogP contribution is -2.57. The summed E-state index contributed by atoms with van der Waals surface area (Å²) in [6, 6.07) is 10.5. The molecule has 1 fully saturated rings. The standard InChI is InChI=1S/C20H27N5O2/c1-15-22-23-18-14-24(19(26)20(27-2)8-10-21-11-9-20)13-17(25(15)18)12-16-6-4-3-5-7-16/h3-7,17,21H,8-14H2,1-2H3/t17-/m1/s1. The third-order valence-electron chi connectivity index (χ3n) is 5.86. The van der Waals surface area contributed by atoms with Crippen molar-refractivity contribution in [1.82, 2.24) is 25.0 Å². The minimum Gasteiger partial charge on any atom is -0.368 e. The number of carbonyl (C=O) groups is 1. The second-order valence-electron chi connectivity index (χ2n) is 7.51. The van der Waals surface area contributed by atoms with Crippen LogP contribution in [0.25, 0.3) is 0 Å². The first-order valence-electron chi connectivity index (χ1n) is 9.62. The van der Waals surface area contributed by atoms with Crippen LogP contribution in [0.1, 0.15) is 36.1 Å². The van der Waals surface area contributed by atoms with E-state index < -0.39 is 5.60 Å². The summed E-state index contributed by atoms with van der Waals surface area (Å²) in [7, 11) is 1.65. The topological polar surface area (TPSA) is 72.3 Å². The first kappa shape index (κ1) is 18.1. The molecule has 0 unspecified atom stereocenters. The van der Waals surface area contributed by atoms with Gasteiger partial charge >= 0.3 is 0 Å². The SMILES string of the molecule is COC1(C(=O)N2Cc3nnc(C)n3[C@H](Cc3ccccc3)C2)CCNCC1. The van der Waals surface area contributed by atoms with E-state index in [0.717, 1.165) is 31.2 Å². The second-order valence-corrected chi connectivity index (χ2v) is 7.51. The van der Waals surface area contributed by atoms with E-state index in [1.807, 2.05) is 17.9 Å². The summed E-state index contributed by atoms with van der Waals surface area (Å²) in [5.41, 5.74) is 0.527. The Morgan fingerprint density at radius 1 is 1.26 bits per heavy atom. The van der Waals surface area contributed by atoms with Crippen LogP contribution in [0, 0.1) is 6.92 Å². The number of ether oxygens (including phenoxy) is 1. The van der Waals surface area contributed by atoms with Crippen molar-refractivity contribution < 1.29 is 9.53 Å². The number of aryl methyl sites for hydroxylation is 1. The van der Waals surface area contributed by atoms with E-state index >= 15 is 0 Å². The highest BCUT2D eigenvalue weighted by atomic mass is 16.5. The molecule has 0 radical (unpaired) electrons. The lowest BCUT2D eigenvalue weighted by molar-refractivity contribution is -0.160. The summed E-state index contributed by atoms with van der Waals surface area (Å²) in [5, 5.41) is 11.9. The lowest BCUT2D eigenvalue weighted by atomic mass is 9.89. The molecule has 144 valence electrons. The largest absolute Gasteiger partial charge is 0.368 e. The summed E-state index contributed by atoms with van der Waals surface area (Å²) in [5.74, 6) is 1.84. The number of benzene rings is 1. The highest BCUT2D eigenvalue weighted by Gasteiger charge is 2.44. The average molecular weight is 369 g/mol. The predicted octanol–water partition coefficient (Wildman–Crippen LogP) is 1.48. The van der Waals surface area contributed by atoms with Gasteiger partial charge in [-0.3, -0.25) is 4.79 Å². The molecule has 7 heteroatoms. The fraction of sp³-hybridized carbons (Fsp3) is 0.550. The summed E-state index contributed by atoms with van der Waals surface area (Å²) in [6.45, 7) is 4.73. The van der Waals surface area contributed by atoms with Crippen LogP contribution in [-0.2, 0) is 22.5 Å². The van der Waals surface area contributed by atoms with Crippen molar-refractivity contribution in [2.24, 2.45) is 0 Å². The van der Waals surface area contributed by atoms with E-state index in [0.29, 0.717) is 25.9 Å². The van der Waals surface area contributed by atoms with Crippen molar-refractivity contribution in [3.8, 4) is 0 Å². The Labute approximate surface area is 159 Å². The van der Waals surface area contributed by atoms with Gasteiger partial charge in [0, 0.05) is 13.7 Å². The Bertz CT molecular complexity index is 798. The van der Waals surface area contributed by atoms with Crippen molar-refractivity contribution in [2.75, 3.05) is 26.7 Å². The smallest absolute Gasteiger partial charge is 0.255 e. The van der Waals surface area contributed by atoms with Crippen LogP contribution in [0.15, 0.2) is 30.3 Å². The van der Waals surface area contributed by atoms with Crippen molar-refractivity contribution in [3.05, 3.63) is 47.5 Å². The Kier molecular flexibility index (Phi) is 4.97.